The van der Waals surface area contributed by atoms with Crippen molar-refractivity contribution in [3.05, 3.63) is 27.0 Å². The highest BCUT2D eigenvalue weighted by Crippen LogP contribution is 2.38. The molecule has 12 heavy (non-hydrogen) atoms. The van der Waals surface area contributed by atoms with Crippen LogP contribution >= 0.6 is 38.9 Å². The van der Waals surface area contributed by atoms with Crippen LogP contribution in [0.1, 0.15) is 0 Å². The Labute approximate surface area is 86.7 Å². The summed E-state index contributed by atoms with van der Waals surface area (Å²) in [5.74, 6) is 0.134. The number of benzene rings is 1. The number of fused-ring (bicyclic) bond motifs is 1. The molecule has 1 heterocycles. The highest BCUT2D eigenvalue weighted by Gasteiger charge is 2.06. The Hall–Kier alpha value is -0.250. The van der Waals surface area contributed by atoms with Gasteiger partial charge in [0.25, 0.3) is 0 Å². The van der Waals surface area contributed by atoms with E-state index in [0.717, 1.165) is 13.9 Å². The van der Waals surface area contributed by atoms with Crippen LogP contribution in [0, 0.1) is 0 Å². The summed E-state index contributed by atoms with van der Waals surface area (Å²) in [5.41, 5.74) is 0. The predicted molar refractivity (Wildman–Crippen MR) is 56.2 cm³/mol. The summed E-state index contributed by atoms with van der Waals surface area (Å²) in [6, 6.07) is 5.36. The average molecular weight is 264 g/mol. The molecule has 0 fully saturated rings. The fraction of sp³-hybridized carbons (Fsp3) is 0. The summed E-state index contributed by atoms with van der Waals surface area (Å²) in [6.07, 6.45) is 0. The molecule has 0 atom stereocenters. The van der Waals surface area contributed by atoms with Crippen molar-refractivity contribution in [2.45, 2.75) is 0 Å². The first-order valence-corrected chi connectivity index (χ1v) is 5.24. The molecular formula is C8H4BrClOS. The van der Waals surface area contributed by atoms with Crippen molar-refractivity contribution in [2.24, 2.45) is 0 Å². The van der Waals surface area contributed by atoms with Crippen LogP contribution in [0.5, 0.6) is 5.75 Å². The minimum absolute atomic E-state index is 0.134. The average Bonchev–Trinajstić information content (AvgIpc) is 2.39. The lowest BCUT2D eigenvalue weighted by atomic mass is 10.2. The quantitative estimate of drug-likeness (QED) is 0.761. The number of aromatic hydroxyl groups is 1. The fourth-order valence-electron chi connectivity index (χ4n) is 1.04. The van der Waals surface area contributed by atoms with Crippen LogP contribution in [0.3, 0.4) is 0 Å². The first-order chi connectivity index (χ1) is 5.68. The molecule has 0 aliphatic heterocycles. The first-order valence-electron chi connectivity index (χ1n) is 3.25. The zero-order chi connectivity index (χ0) is 8.72. The van der Waals surface area contributed by atoms with E-state index in [1.54, 1.807) is 17.4 Å². The monoisotopic (exact) mass is 262 g/mol. The van der Waals surface area contributed by atoms with Crippen molar-refractivity contribution < 1.29 is 5.11 Å². The minimum Gasteiger partial charge on any atom is -0.506 e. The van der Waals surface area contributed by atoms with Gasteiger partial charge < -0.3 is 5.11 Å². The molecule has 2 aromatic rings. The number of phenolic OH excluding ortho intramolecular Hbond substituents is 1. The Morgan fingerprint density at radius 2 is 2.17 bits per heavy atom. The van der Waals surface area contributed by atoms with Crippen molar-refractivity contribution in [3.63, 3.8) is 0 Å². The van der Waals surface area contributed by atoms with Gasteiger partial charge in [0.05, 0.1) is 8.81 Å². The fourth-order valence-corrected chi connectivity index (χ4v) is 2.86. The zero-order valence-electron chi connectivity index (χ0n) is 5.84. The Morgan fingerprint density at radius 1 is 1.42 bits per heavy atom. The van der Waals surface area contributed by atoms with E-state index < -0.39 is 0 Å². The molecule has 0 bridgehead atoms. The lowest BCUT2D eigenvalue weighted by Crippen LogP contribution is -1.67. The second kappa shape index (κ2) is 2.91. The van der Waals surface area contributed by atoms with E-state index in [1.165, 1.54) is 0 Å². The molecule has 62 valence electrons. The minimum atomic E-state index is 0.134. The third-order valence-electron chi connectivity index (χ3n) is 1.58. The standard InChI is InChI=1S/C8H4BrClOS/c9-7-3-4-6(12-7)2-1-5(11)8(4)10/h1-3,11H. The van der Waals surface area contributed by atoms with Crippen molar-refractivity contribution in [3.8, 4) is 5.75 Å². The Morgan fingerprint density at radius 3 is 2.92 bits per heavy atom. The Bertz CT molecular complexity index is 438. The summed E-state index contributed by atoms with van der Waals surface area (Å²) in [5, 5.41) is 10.6. The van der Waals surface area contributed by atoms with Gasteiger partial charge in [0.2, 0.25) is 0 Å². The molecule has 0 amide bonds. The maximum absolute atomic E-state index is 9.28. The number of rotatable bonds is 0. The van der Waals surface area contributed by atoms with E-state index in [4.69, 9.17) is 11.6 Å². The number of halogens is 2. The molecule has 0 unspecified atom stereocenters. The van der Waals surface area contributed by atoms with E-state index in [1.807, 2.05) is 12.1 Å². The Kier molecular flexibility index (Phi) is 2.02. The number of hydrogen-bond donors (Lipinski definition) is 1. The van der Waals surface area contributed by atoms with Gasteiger partial charge in [-0.15, -0.1) is 11.3 Å². The summed E-state index contributed by atoms with van der Waals surface area (Å²) < 4.78 is 2.09. The third kappa shape index (κ3) is 1.22. The second-order valence-electron chi connectivity index (χ2n) is 2.36. The molecule has 0 radical (unpaired) electrons. The lowest BCUT2D eigenvalue weighted by molar-refractivity contribution is 0.476. The maximum atomic E-state index is 9.28. The summed E-state index contributed by atoms with van der Waals surface area (Å²) in [6.45, 7) is 0. The van der Waals surface area contributed by atoms with Crippen LogP contribution in [-0.2, 0) is 0 Å². The maximum Gasteiger partial charge on any atom is 0.134 e. The van der Waals surface area contributed by atoms with E-state index in [2.05, 4.69) is 15.9 Å². The molecule has 0 aliphatic carbocycles. The number of thiophene rings is 1. The van der Waals surface area contributed by atoms with Crippen LogP contribution in [0.25, 0.3) is 10.1 Å². The normalized spacial score (nSPS) is 10.8. The molecule has 0 saturated heterocycles. The SMILES string of the molecule is Oc1ccc2sc(Br)cc2c1Cl. The third-order valence-corrected chi connectivity index (χ3v) is 3.59. The van der Waals surface area contributed by atoms with E-state index in [0.29, 0.717) is 5.02 Å². The molecule has 1 N–H and O–H groups in total. The number of hydrogen-bond acceptors (Lipinski definition) is 2. The van der Waals surface area contributed by atoms with Gasteiger partial charge in [0.15, 0.2) is 0 Å². The van der Waals surface area contributed by atoms with Crippen LogP contribution in [0.15, 0.2) is 22.0 Å². The van der Waals surface area contributed by atoms with Gasteiger partial charge in [0.1, 0.15) is 5.75 Å². The predicted octanol–water partition coefficient (Wildman–Crippen LogP) is 4.02. The number of phenols is 1. The molecule has 0 aliphatic rings. The molecule has 0 saturated carbocycles. The van der Waals surface area contributed by atoms with Gasteiger partial charge in [0, 0.05) is 10.1 Å². The summed E-state index contributed by atoms with van der Waals surface area (Å²) >= 11 is 10.8. The topological polar surface area (TPSA) is 20.2 Å². The van der Waals surface area contributed by atoms with Crippen molar-refractivity contribution >= 4 is 49.0 Å². The Balaban J connectivity index is 2.89. The van der Waals surface area contributed by atoms with Gasteiger partial charge in [-0.1, -0.05) is 11.6 Å². The highest BCUT2D eigenvalue weighted by molar-refractivity contribution is 9.11. The van der Waals surface area contributed by atoms with E-state index >= 15 is 0 Å². The van der Waals surface area contributed by atoms with Gasteiger partial charge in [-0.3, -0.25) is 0 Å². The van der Waals surface area contributed by atoms with Gasteiger partial charge in [-0.2, -0.15) is 0 Å². The molecule has 1 aromatic heterocycles. The van der Waals surface area contributed by atoms with Crippen LogP contribution in [-0.4, -0.2) is 5.11 Å². The van der Waals surface area contributed by atoms with Gasteiger partial charge in [-0.05, 0) is 34.1 Å². The largest absolute Gasteiger partial charge is 0.506 e. The van der Waals surface area contributed by atoms with Crippen LogP contribution < -0.4 is 0 Å². The molecular weight excluding hydrogens is 260 g/mol. The highest BCUT2D eigenvalue weighted by atomic mass is 79.9. The molecule has 4 heteroatoms. The lowest BCUT2D eigenvalue weighted by Gasteiger charge is -1.95. The molecule has 1 nitrogen and oxygen atoms in total. The van der Waals surface area contributed by atoms with Crippen molar-refractivity contribution in [1.82, 2.24) is 0 Å². The summed E-state index contributed by atoms with van der Waals surface area (Å²) in [7, 11) is 0. The van der Waals surface area contributed by atoms with Gasteiger partial charge in [-0.25, -0.2) is 0 Å². The van der Waals surface area contributed by atoms with Crippen molar-refractivity contribution in [1.29, 1.82) is 0 Å². The van der Waals surface area contributed by atoms with E-state index in [9.17, 15) is 5.11 Å². The summed E-state index contributed by atoms with van der Waals surface area (Å²) in [4.78, 5) is 0. The first kappa shape index (κ1) is 8.35. The zero-order valence-corrected chi connectivity index (χ0v) is 9.00. The van der Waals surface area contributed by atoms with Crippen molar-refractivity contribution in [2.75, 3.05) is 0 Å². The molecule has 1 aromatic carbocycles. The smallest absolute Gasteiger partial charge is 0.134 e. The van der Waals surface area contributed by atoms with Crippen LogP contribution in [0.4, 0.5) is 0 Å². The van der Waals surface area contributed by atoms with E-state index in [-0.39, 0.29) is 5.75 Å². The van der Waals surface area contributed by atoms with Gasteiger partial charge >= 0.3 is 0 Å². The van der Waals surface area contributed by atoms with Crippen LogP contribution in [0.2, 0.25) is 5.02 Å². The molecule has 0 spiro atoms. The molecule has 2 rings (SSSR count). The second-order valence-corrected chi connectivity index (χ2v) is 5.20.